The lowest BCUT2D eigenvalue weighted by molar-refractivity contribution is -0.112. The van der Waals surface area contributed by atoms with Crippen molar-refractivity contribution in [2.75, 3.05) is 18.2 Å². The third-order valence-corrected chi connectivity index (χ3v) is 2.81. The number of aliphatic hydroxyl groups is 1. The number of carbonyl (C=O) groups excluding carboxylic acids is 1. The van der Waals surface area contributed by atoms with Crippen molar-refractivity contribution in [3.63, 3.8) is 0 Å². The molecule has 0 heterocycles. The topological polar surface area (TPSA) is 73.1 Å². The lowest BCUT2D eigenvalue weighted by atomic mass is 10.2. The molecule has 0 saturated carbocycles. The van der Waals surface area contributed by atoms with Gasteiger partial charge in [-0.1, -0.05) is 12.1 Å². The summed E-state index contributed by atoms with van der Waals surface area (Å²) in [6.07, 6.45) is 3.08. The number of nitrogens with one attached hydrogen (secondary N) is 1. The van der Waals surface area contributed by atoms with Crippen LogP contribution < -0.4 is 5.32 Å². The van der Waals surface area contributed by atoms with Gasteiger partial charge in [-0.2, -0.15) is 5.26 Å². The molecule has 0 aliphatic carbocycles. The highest BCUT2D eigenvalue weighted by Gasteiger charge is 2.10. The number of benzene rings is 1. The second kappa shape index (κ2) is 6.74. The summed E-state index contributed by atoms with van der Waals surface area (Å²) in [6, 6.07) is 9.06. The third-order valence-electron chi connectivity index (χ3n) is 2.02. The summed E-state index contributed by atoms with van der Waals surface area (Å²) in [5.74, 6) is -0.511. The van der Waals surface area contributed by atoms with Gasteiger partial charge in [-0.3, -0.25) is 4.79 Å². The van der Waals surface area contributed by atoms with Crippen molar-refractivity contribution in [1.29, 1.82) is 5.26 Å². The number of hydrogen-bond acceptors (Lipinski definition) is 4. The van der Waals surface area contributed by atoms with Gasteiger partial charge in [0.15, 0.2) is 0 Å². The maximum atomic E-state index is 11.7. The largest absolute Gasteiger partial charge is 0.392 e. The van der Waals surface area contributed by atoms with Crippen LogP contribution >= 0.6 is 11.8 Å². The summed E-state index contributed by atoms with van der Waals surface area (Å²) in [7, 11) is 0. The highest BCUT2D eigenvalue weighted by atomic mass is 32.2. The minimum atomic E-state index is -0.511. The Morgan fingerprint density at radius 2 is 2.29 bits per heavy atom. The van der Waals surface area contributed by atoms with E-state index < -0.39 is 5.91 Å². The average Bonchev–Trinajstić information content (AvgIpc) is 2.36. The van der Waals surface area contributed by atoms with E-state index in [-0.39, 0.29) is 12.2 Å². The highest BCUT2D eigenvalue weighted by molar-refractivity contribution is 7.98. The molecule has 5 heteroatoms. The number of para-hydroxylation sites is 1. The van der Waals surface area contributed by atoms with Crippen LogP contribution in [0.2, 0.25) is 0 Å². The van der Waals surface area contributed by atoms with Crippen LogP contribution in [0.25, 0.3) is 0 Å². The summed E-state index contributed by atoms with van der Waals surface area (Å²) < 4.78 is 0. The molecule has 1 amide bonds. The number of aliphatic hydroxyl groups excluding tert-OH is 1. The number of rotatable bonds is 4. The van der Waals surface area contributed by atoms with E-state index in [1.165, 1.54) is 17.8 Å². The van der Waals surface area contributed by atoms with E-state index in [9.17, 15) is 4.79 Å². The first kappa shape index (κ1) is 13.3. The van der Waals surface area contributed by atoms with Gasteiger partial charge in [0.2, 0.25) is 0 Å². The normalized spacial score (nSPS) is 10.8. The number of anilines is 1. The van der Waals surface area contributed by atoms with Crippen molar-refractivity contribution in [2.45, 2.75) is 4.90 Å². The van der Waals surface area contributed by atoms with E-state index in [4.69, 9.17) is 10.4 Å². The molecule has 0 aromatic heterocycles. The highest BCUT2D eigenvalue weighted by Crippen LogP contribution is 2.24. The lowest BCUT2D eigenvalue weighted by Gasteiger charge is -2.08. The van der Waals surface area contributed by atoms with Crippen molar-refractivity contribution in [1.82, 2.24) is 0 Å². The maximum absolute atomic E-state index is 11.7. The Balaban J connectivity index is 2.88. The number of nitrogens with zero attached hydrogens (tertiary/aromatic N) is 1. The van der Waals surface area contributed by atoms with Crippen molar-refractivity contribution in [2.24, 2.45) is 0 Å². The van der Waals surface area contributed by atoms with Crippen molar-refractivity contribution in [3.05, 3.63) is 35.9 Å². The summed E-state index contributed by atoms with van der Waals surface area (Å²) >= 11 is 1.50. The third kappa shape index (κ3) is 3.63. The number of carbonyl (C=O) groups is 1. The summed E-state index contributed by atoms with van der Waals surface area (Å²) in [5.41, 5.74) is 0.562. The van der Waals surface area contributed by atoms with Crippen LogP contribution in [-0.2, 0) is 4.79 Å². The summed E-state index contributed by atoms with van der Waals surface area (Å²) in [5, 5.41) is 20.0. The standard InChI is InChI=1S/C12H12N2O2S/c1-17-11-5-3-2-4-10(11)14-12(16)9(8-13)6-7-15/h2-6,15H,7H2,1H3,(H,14,16). The van der Waals surface area contributed by atoms with Crippen molar-refractivity contribution < 1.29 is 9.90 Å². The maximum Gasteiger partial charge on any atom is 0.266 e. The van der Waals surface area contributed by atoms with E-state index in [2.05, 4.69) is 5.32 Å². The smallest absolute Gasteiger partial charge is 0.266 e. The molecule has 1 rings (SSSR count). The van der Waals surface area contributed by atoms with Gasteiger partial charge < -0.3 is 10.4 Å². The van der Waals surface area contributed by atoms with E-state index in [0.717, 1.165) is 4.90 Å². The van der Waals surface area contributed by atoms with Gasteiger partial charge in [0, 0.05) is 4.90 Å². The molecule has 2 N–H and O–H groups in total. The molecule has 0 aliphatic rings. The molecule has 0 fully saturated rings. The Hall–Kier alpha value is -1.77. The predicted molar refractivity (Wildman–Crippen MR) is 67.6 cm³/mol. The Bertz CT molecular complexity index is 478. The van der Waals surface area contributed by atoms with Crippen LogP contribution in [0.15, 0.2) is 40.8 Å². The fourth-order valence-electron chi connectivity index (χ4n) is 1.22. The van der Waals surface area contributed by atoms with Gasteiger partial charge in [-0.15, -0.1) is 11.8 Å². The molecule has 0 aliphatic heterocycles. The van der Waals surface area contributed by atoms with Crippen LogP contribution in [0.4, 0.5) is 5.69 Å². The molecule has 0 unspecified atom stereocenters. The summed E-state index contributed by atoms with van der Waals surface area (Å²) in [4.78, 5) is 12.6. The fourth-order valence-corrected chi connectivity index (χ4v) is 1.77. The second-order valence-electron chi connectivity index (χ2n) is 3.07. The number of hydrogen-bond donors (Lipinski definition) is 2. The Kier molecular flexibility index (Phi) is 5.27. The SMILES string of the molecule is CSc1ccccc1NC(=O)C(C#N)=CCO. The molecule has 1 aromatic rings. The van der Waals surface area contributed by atoms with E-state index in [1.807, 2.05) is 18.4 Å². The number of amides is 1. The van der Waals surface area contributed by atoms with Crippen molar-refractivity contribution in [3.8, 4) is 6.07 Å². The van der Waals surface area contributed by atoms with Crippen LogP contribution in [0.3, 0.4) is 0 Å². The molecular weight excluding hydrogens is 236 g/mol. The first-order valence-electron chi connectivity index (χ1n) is 4.88. The van der Waals surface area contributed by atoms with Gasteiger partial charge in [-0.05, 0) is 24.5 Å². The van der Waals surface area contributed by atoms with Gasteiger partial charge >= 0.3 is 0 Å². The molecule has 0 radical (unpaired) electrons. The molecule has 88 valence electrons. The minimum absolute atomic E-state index is 0.0941. The van der Waals surface area contributed by atoms with Crippen molar-refractivity contribution >= 4 is 23.4 Å². The molecule has 4 nitrogen and oxygen atoms in total. The predicted octanol–water partition coefficient (Wildman–Crippen LogP) is 1.79. The van der Waals surface area contributed by atoms with Crippen LogP contribution in [-0.4, -0.2) is 23.9 Å². The van der Waals surface area contributed by atoms with Crippen LogP contribution in [0.1, 0.15) is 0 Å². The second-order valence-corrected chi connectivity index (χ2v) is 3.91. The number of thioether (sulfide) groups is 1. The molecular formula is C12H12N2O2S. The fraction of sp³-hybridized carbons (Fsp3) is 0.167. The lowest BCUT2D eigenvalue weighted by Crippen LogP contribution is -2.14. The Morgan fingerprint density at radius 3 is 2.88 bits per heavy atom. The molecule has 0 bridgehead atoms. The average molecular weight is 248 g/mol. The van der Waals surface area contributed by atoms with E-state index >= 15 is 0 Å². The monoisotopic (exact) mass is 248 g/mol. The molecule has 0 spiro atoms. The zero-order valence-corrected chi connectivity index (χ0v) is 10.1. The quantitative estimate of drug-likeness (QED) is 0.484. The van der Waals surface area contributed by atoms with Crippen LogP contribution in [0, 0.1) is 11.3 Å². The van der Waals surface area contributed by atoms with Gasteiger partial charge in [-0.25, -0.2) is 0 Å². The van der Waals surface area contributed by atoms with Gasteiger partial charge in [0.25, 0.3) is 5.91 Å². The zero-order valence-electron chi connectivity index (χ0n) is 9.30. The number of nitriles is 1. The zero-order chi connectivity index (χ0) is 12.7. The minimum Gasteiger partial charge on any atom is -0.392 e. The molecule has 1 aromatic carbocycles. The van der Waals surface area contributed by atoms with Gasteiger partial charge in [0.1, 0.15) is 11.6 Å². The van der Waals surface area contributed by atoms with Gasteiger partial charge in [0.05, 0.1) is 12.3 Å². The van der Waals surface area contributed by atoms with E-state index in [0.29, 0.717) is 5.69 Å². The first-order chi connectivity index (χ1) is 8.22. The van der Waals surface area contributed by atoms with Crippen LogP contribution in [0.5, 0.6) is 0 Å². The molecule has 0 atom stereocenters. The molecule has 17 heavy (non-hydrogen) atoms. The molecule has 0 saturated heterocycles. The summed E-state index contributed by atoms with van der Waals surface area (Å²) in [6.45, 7) is -0.333. The Morgan fingerprint density at radius 1 is 1.59 bits per heavy atom. The Labute approximate surface area is 104 Å². The van der Waals surface area contributed by atoms with E-state index in [1.54, 1.807) is 18.2 Å². The first-order valence-corrected chi connectivity index (χ1v) is 6.11.